The molecule has 0 spiro atoms. The van der Waals surface area contributed by atoms with Crippen molar-refractivity contribution in [3.8, 4) is 0 Å². The highest BCUT2D eigenvalue weighted by molar-refractivity contribution is 5.96. The first-order valence-electron chi connectivity index (χ1n) is 5.63. The van der Waals surface area contributed by atoms with Gasteiger partial charge in [0.1, 0.15) is 0 Å². The standard InChI is InChI=1S/C13H17NO/c1-9-6-12(7-10(2)14-9)13(15)8-11-4-3-5-11/h6-7,11H,3-5,8H2,1-2H3. The van der Waals surface area contributed by atoms with Crippen LogP contribution in [0.3, 0.4) is 0 Å². The minimum atomic E-state index is 0.285. The number of carbonyl (C=O) groups is 1. The Morgan fingerprint density at radius 1 is 1.33 bits per heavy atom. The molecule has 1 aromatic rings. The van der Waals surface area contributed by atoms with Gasteiger partial charge in [0.15, 0.2) is 5.78 Å². The fraction of sp³-hybridized carbons (Fsp3) is 0.538. The molecular formula is C13H17NO. The number of ketones is 1. The molecule has 2 heteroatoms. The van der Waals surface area contributed by atoms with E-state index < -0.39 is 0 Å². The zero-order valence-corrected chi connectivity index (χ0v) is 9.42. The van der Waals surface area contributed by atoms with Crippen LogP contribution in [0.2, 0.25) is 0 Å². The van der Waals surface area contributed by atoms with Gasteiger partial charge in [-0.1, -0.05) is 19.3 Å². The number of hydrogen-bond donors (Lipinski definition) is 0. The lowest BCUT2D eigenvalue weighted by Crippen LogP contribution is -2.16. The van der Waals surface area contributed by atoms with Crippen molar-refractivity contribution in [3.05, 3.63) is 29.1 Å². The Labute approximate surface area is 90.7 Å². The van der Waals surface area contributed by atoms with E-state index in [-0.39, 0.29) is 5.78 Å². The Balaban J connectivity index is 2.10. The lowest BCUT2D eigenvalue weighted by Gasteiger charge is -2.24. The number of pyridine rings is 1. The monoisotopic (exact) mass is 203 g/mol. The quantitative estimate of drug-likeness (QED) is 0.707. The summed E-state index contributed by atoms with van der Waals surface area (Å²) in [6.07, 6.45) is 4.48. The average Bonchev–Trinajstić information content (AvgIpc) is 2.09. The predicted octanol–water partition coefficient (Wildman–Crippen LogP) is 3.07. The van der Waals surface area contributed by atoms with E-state index >= 15 is 0 Å². The van der Waals surface area contributed by atoms with Gasteiger partial charge >= 0.3 is 0 Å². The Kier molecular flexibility index (Phi) is 2.85. The van der Waals surface area contributed by atoms with Crippen LogP contribution in [0.5, 0.6) is 0 Å². The van der Waals surface area contributed by atoms with E-state index in [1.165, 1.54) is 19.3 Å². The Morgan fingerprint density at radius 3 is 2.40 bits per heavy atom. The zero-order chi connectivity index (χ0) is 10.8. The van der Waals surface area contributed by atoms with Crippen molar-refractivity contribution in [3.63, 3.8) is 0 Å². The summed E-state index contributed by atoms with van der Waals surface area (Å²) in [4.78, 5) is 16.2. The second kappa shape index (κ2) is 4.13. The van der Waals surface area contributed by atoms with E-state index in [1.54, 1.807) is 0 Å². The number of Topliss-reactive ketones (excluding diaryl/α,β-unsaturated/α-hetero) is 1. The van der Waals surface area contributed by atoms with E-state index in [2.05, 4.69) is 4.98 Å². The summed E-state index contributed by atoms with van der Waals surface area (Å²) >= 11 is 0. The first kappa shape index (κ1) is 10.3. The van der Waals surface area contributed by atoms with Crippen LogP contribution in [0.1, 0.15) is 47.4 Å². The molecule has 1 aliphatic rings. The minimum absolute atomic E-state index is 0.285. The molecule has 0 radical (unpaired) electrons. The number of hydrogen-bond acceptors (Lipinski definition) is 2. The molecule has 0 bridgehead atoms. The summed E-state index contributed by atoms with van der Waals surface area (Å²) in [5.74, 6) is 0.930. The summed E-state index contributed by atoms with van der Waals surface area (Å²) < 4.78 is 0. The van der Waals surface area contributed by atoms with Crippen LogP contribution in [0, 0.1) is 19.8 Å². The van der Waals surface area contributed by atoms with Crippen molar-refractivity contribution in [1.29, 1.82) is 0 Å². The molecule has 0 aliphatic heterocycles. The van der Waals surface area contributed by atoms with Crippen molar-refractivity contribution < 1.29 is 4.79 Å². The molecule has 1 heterocycles. The fourth-order valence-corrected chi connectivity index (χ4v) is 2.07. The normalized spacial score (nSPS) is 16.1. The topological polar surface area (TPSA) is 30.0 Å². The SMILES string of the molecule is Cc1cc(C(=O)CC2CCC2)cc(C)n1. The van der Waals surface area contributed by atoms with Crippen LogP contribution in [-0.2, 0) is 0 Å². The van der Waals surface area contributed by atoms with Gasteiger partial charge in [-0.3, -0.25) is 9.78 Å². The lowest BCUT2D eigenvalue weighted by atomic mass is 9.81. The average molecular weight is 203 g/mol. The van der Waals surface area contributed by atoms with Crippen LogP contribution in [0.25, 0.3) is 0 Å². The Morgan fingerprint density at radius 2 is 1.93 bits per heavy atom. The third-order valence-corrected chi connectivity index (χ3v) is 3.10. The fourth-order valence-electron chi connectivity index (χ4n) is 2.07. The third-order valence-electron chi connectivity index (χ3n) is 3.10. The number of rotatable bonds is 3. The maximum Gasteiger partial charge on any atom is 0.163 e. The van der Waals surface area contributed by atoms with Crippen LogP contribution in [0.4, 0.5) is 0 Å². The largest absolute Gasteiger partial charge is 0.294 e. The van der Waals surface area contributed by atoms with Crippen molar-refractivity contribution in [2.45, 2.75) is 39.5 Å². The van der Waals surface area contributed by atoms with E-state index in [0.717, 1.165) is 23.4 Å². The smallest absolute Gasteiger partial charge is 0.163 e. The van der Waals surface area contributed by atoms with Gasteiger partial charge in [-0.25, -0.2) is 0 Å². The molecule has 0 unspecified atom stereocenters. The van der Waals surface area contributed by atoms with Gasteiger partial charge in [0.25, 0.3) is 0 Å². The predicted molar refractivity (Wildman–Crippen MR) is 60.0 cm³/mol. The van der Waals surface area contributed by atoms with Gasteiger partial charge in [0.05, 0.1) is 0 Å². The summed E-state index contributed by atoms with van der Waals surface area (Å²) in [6.45, 7) is 3.88. The van der Waals surface area contributed by atoms with Crippen molar-refractivity contribution >= 4 is 5.78 Å². The molecule has 0 aromatic carbocycles. The summed E-state index contributed by atoms with van der Waals surface area (Å²) in [7, 11) is 0. The van der Waals surface area contributed by atoms with E-state index in [4.69, 9.17) is 0 Å². The molecule has 1 aromatic heterocycles. The van der Waals surface area contributed by atoms with Crippen molar-refractivity contribution in [1.82, 2.24) is 4.98 Å². The lowest BCUT2D eigenvalue weighted by molar-refractivity contribution is 0.0936. The van der Waals surface area contributed by atoms with Crippen molar-refractivity contribution in [2.75, 3.05) is 0 Å². The molecule has 15 heavy (non-hydrogen) atoms. The van der Waals surface area contributed by atoms with E-state index in [1.807, 2.05) is 26.0 Å². The molecule has 2 rings (SSSR count). The summed E-state index contributed by atoms with van der Waals surface area (Å²) in [5, 5.41) is 0. The van der Waals surface area contributed by atoms with Gasteiger partial charge < -0.3 is 0 Å². The maximum atomic E-state index is 11.9. The number of carbonyl (C=O) groups excluding carboxylic acids is 1. The number of aromatic nitrogens is 1. The van der Waals surface area contributed by atoms with Crippen molar-refractivity contribution in [2.24, 2.45) is 5.92 Å². The first-order chi connectivity index (χ1) is 7.15. The highest BCUT2D eigenvalue weighted by Gasteiger charge is 2.21. The van der Waals surface area contributed by atoms with Crippen LogP contribution >= 0.6 is 0 Å². The van der Waals surface area contributed by atoms with E-state index in [9.17, 15) is 4.79 Å². The third kappa shape index (κ3) is 2.44. The molecule has 0 saturated heterocycles. The molecule has 0 atom stereocenters. The first-order valence-corrected chi connectivity index (χ1v) is 5.63. The summed E-state index contributed by atoms with van der Waals surface area (Å²) in [5.41, 5.74) is 2.71. The second-order valence-corrected chi connectivity index (χ2v) is 4.56. The molecule has 2 nitrogen and oxygen atoms in total. The Hall–Kier alpha value is -1.18. The van der Waals surface area contributed by atoms with Crippen LogP contribution in [0.15, 0.2) is 12.1 Å². The van der Waals surface area contributed by atoms with Gasteiger partial charge in [-0.05, 0) is 31.9 Å². The zero-order valence-electron chi connectivity index (χ0n) is 9.42. The number of nitrogens with zero attached hydrogens (tertiary/aromatic N) is 1. The Bertz CT molecular complexity index is 360. The van der Waals surface area contributed by atoms with Crippen LogP contribution in [-0.4, -0.2) is 10.8 Å². The molecule has 1 saturated carbocycles. The minimum Gasteiger partial charge on any atom is -0.294 e. The molecule has 1 aliphatic carbocycles. The number of aryl methyl sites for hydroxylation is 2. The molecular weight excluding hydrogens is 186 g/mol. The molecule has 1 fully saturated rings. The van der Waals surface area contributed by atoms with Crippen LogP contribution < -0.4 is 0 Å². The molecule has 80 valence electrons. The van der Waals surface area contributed by atoms with E-state index in [0.29, 0.717) is 5.92 Å². The molecule has 0 N–H and O–H groups in total. The highest BCUT2D eigenvalue weighted by atomic mass is 16.1. The highest BCUT2D eigenvalue weighted by Crippen LogP contribution is 2.30. The van der Waals surface area contributed by atoms with Gasteiger partial charge in [-0.2, -0.15) is 0 Å². The summed E-state index contributed by atoms with van der Waals surface area (Å²) in [6, 6.07) is 3.79. The van der Waals surface area contributed by atoms with Gasteiger partial charge in [0.2, 0.25) is 0 Å². The maximum absolute atomic E-state index is 11.9. The van der Waals surface area contributed by atoms with Gasteiger partial charge in [-0.15, -0.1) is 0 Å². The second-order valence-electron chi connectivity index (χ2n) is 4.56. The van der Waals surface area contributed by atoms with Gasteiger partial charge in [0, 0.05) is 23.4 Å². The molecule has 0 amide bonds.